The standard InChI is InChI=1S/C23H27F3N6O4S/c1-12-8-35-9-13-10-36-17-18(22(2,3)37(4,33)34)30-20(31-21(17)32(12)13)16-14-5-6-27-19(14)28-7-15(16)29-11-23(24,25)26/h5-7,12-13,29H,8-11H2,1-4H3,(H,27,28)/t12-,13?/m1/s1. The molecule has 2 aliphatic heterocycles. The Morgan fingerprint density at radius 3 is 2.68 bits per heavy atom. The van der Waals surface area contributed by atoms with Gasteiger partial charge in [0, 0.05) is 17.8 Å². The van der Waals surface area contributed by atoms with Crippen LogP contribution in [0.1, 0.15) is 26.5 Å². The summed E-state index contributed by atoms with van der Waals surface area (Å²) in [5.74, 6) is 0.685. The quantitative estimate of drug-likeness (QED) is 0.502. The molecule has 3 aromatic heterocycles. The molecule has 0 aromatic carbocycles. The van der Waals surface area contributed by atoms with E-state index in [0.29, 0.717) is 30.1 Å². The predicted octanol–water partition coefficient (Wildman–Crippen LogP) is 3.26. The molecule has 37 heavy (non-hydrogen) atoms. The van der Waals surface area contributed by atoms with Crippen LogP contribution in [0.15, 0.2) is 18.5 Å². The number of nitrogens with one attached hydrogen (secondary N) is 2. The second-order valence-corrected chi connectivity index (χ2v) is 12.4. The number of H-pyrrole nitrogens is 1. The SMILES string of the molecule is C[C@@H]1COCC2COc3c(nc(-c4c(NCC(F)(F)F)cnc5[nH]ccc45)nc3C(C)(C)S(C)(=O)=O)N21. The lowest BCUT2D eigenvalue weighted by Crippen LogP contribution is -2.56. The summed E-state index contributed by atoms with van der Waals surface area (Å²) < 4.78 is 75.3. The van der Waals surface area contributed by atoms with Crippen LogP contribution in [-0.4, -0.2) is 79.2 Å². The maximum Gasteiger partial charge on any atom is 0.405 e. The zero-order valence-electron chi connectivity index (χ0n) is 20.7. The van der Waals surface area contributed by atoms with Gasteiger partial charge in [-0.05, 0) is 26.8 Å². The summed E-state index contributed by atoms with van der Waals surface area (Å²) >= 11 is 0. The summed E-state index contributed by atoms with van der Waals surface area (Å²) in [6.45, 7) is 4.78. The highest BCUT2D eigenvalue weighted by Crippen LogP contribution is 2.45. The van der Waals surface area contributed by atoms with E-state index in [4.69, 9.17) is 14.5 Å². The number of rotatable bonds is 5. The first kappa shape index (κ1) is 25.5. The molecule has 0 aliphatic carbocycles. The van der Waals surface area contributed by atoms with Crippen LogP contribution in [0.3, 0.4) is 0 Å². The van der Waals surface area contributed by atoms with Crippen LogP contribution in [0.2, 0.25) is 0 Å². The molecule has 2 atom stereocenters. The number of nitrogens with zero attached hydrogens (tertiary/aromatic N) is 4. The second-order valence-electron chi connectivity index (χ2n) is 9.85. The topological polar surface area (TPSA) is 122 Å². The fourth-order valence-corrected chi connectivity index (χ4v) is 5.09. The third kappa shape index (κ3) is 4.45. The number of alkyl halides is 3. The summed E-state index contributed by atoms with van der Waals surface area (Å²) in [6.07, 6.45) is -0.482. The number of sulfone groups is 1. The lowest BCUT2D eigenvalue weighted by Gasteiger charge is -2.45. The largest absolute Gasteiger partial charge is 0.486 e. The third-order valence-electron chi connectivity index (χ3n) is 6.84. The van der Waals surface area contributed by atoms with E-state index in [0.717, 1.165) is 6.26 Å². The van der Waals surface area contributed by atoms with Crippen LogP contribution in [0.5, 0.6) is 5.75 Å². The van der Waals surface area contributed by atoms with Crippen LogP contribution in [0, 0.1) is 0 Å². The van der Waals surface area contributed by atoms with E-state index in [1.165, 1.54) is 20.0 Å². The number of fused-ring (bicyclic) bond motifs is 4. The van der Waals surface area contributed by atoms with E-state index in [9.17, 15) is 21.6 Å². The molecule has 0 spiro atoms. The zero-order valence-corrected chi connectivity index (χ0v) is 21.5. The van der Waals surface area contributed by atoms with Crippen LogP contribution >= 0.6 is 0 Å². The van der Waals surface area contributed by atoms with Gasteiger partial charge in [-0.3, -0.25) is 0 Å². The molecular weight excluding hydrogens is 513 g/mol. The van der Waals surface area contributed by atoms with Crippen LogP contribution in [0.4, 0.5) is 24.7 Å². The van der Waals surface area contributed by atoms with E-state index in [-0.39, 0.29) is 47.2 Å². The van der Waals surface area contributed by atoms with Crippen molar-refractivity contribution < 1.29 is 31.1 Å². The number of anilines is 2. The first-order valence-electron chi connectivity index (χ1n) is 11.7. The average molecular weight is 541 g/mol. The minimum Gasteiger partial charge on any atom is -0.486 e. The Morgan fingerprint density at radius 2 is 1.97 bits per heavy atom. The molecular formula is C23H27F3N6O4S. The molecule has 0 saturated carbocycles. The van der Waals surface area contributed by atoms with E-state index in [1.54, 1.807) is 12.3 Å². The summed E-state index contributed by atoms with van der Waals surface area (Å²) in [5.41, 5.74) is 0.892. The van der Waals surface area contributed by atoms with Gasteiger partial charge in [-0.15, -0.1) is 0 Å². The van der Waals surface area contributed by atoms with Crippen molar-refractivity contribution in [3.8, 4) is 17.1 Å². The summed E-state index contributed by atoms with van der Waals surface area (Å²) in [4.78, 5) is 18.6. The van der Waals surface area contributed by atoms with Gasteiger partial charge in [0.05, 0.1) is 42.7 Å². The molecule has 5 heterocycles. The van der Waals surface area contributed by atoms with Gasteiger partial charge in [-0.2, -0.15) is 13.2 Å². The lowest BCUT2D eigenvalue weighted by molar-refractivity contribution is -0.115. The maximum atomic E-state index is 13.1. The van der Waals surface area contributed by atoms with Gasteiger partial charge in [0.25, 0.3) is 0 Å². The highest BCUT2D eigenvalue weighted by molar-refractivity contribution is 7.91. The molecule has 1 fully saturated rings. The number of morpholine rings is 1. The van der Waals surface area contributed by atoms with Gasteiger partial charge in [0.1, 0.15) is 29.2 Å². The highest BCUT2D eigenvalue weighted by atomic mass is 32.2. The van der Waals surface area contributed by atoms with Crippen molar-refractivity contribution in [3.63, 3.8) is 0 Å². The van der Waals surface area contributed by atoms with Gasteiger partial charge in [0.2, 0.25) is 0 Å². The zero-order chi connectivity index (χ0) is 26.8. The van der Waals surface area contributed by atoms with Gasteiger partial charge in [-0.1, -0.05) is 0 Å². The molecule has 0 radical (unpaired) electrons. The summed E-state index contributed by atoms with van der Waals surface area (Å²) in [5, 5.41) is 2.89. The smallest absolute Gasteiger partial charge is 0.405 e. The van der Waals surface area contributed by atoms with Crippen molar-refractivity contribution in [1.29, 1.82) is 0 Å². The van der Waals surface area contributed by atoms with Crippen LogP contribution < -0.4 is 15.0 Å². The molecule has 10 nitrogen and oxygen atoms in total. The molecule has 1 saturated heterocycles. The average Bonchev–Trinajstić information content (AvgIpc) is 3.29. The van der Waals surface area contributed by atoms with Crippen molar-refractivity contribution in [2.24, 2.45) is 0 Å². The number of hydrogen-bond acceptors (Lipinski definition) is 9. The normalized spacial score (nSPS) is 20.4. The molecule has 5 rings (SSSR count). The van der Waals surface area contributed by atoms with Gasteiger partial charge in [0.15, 0.2) is 27.2 Å². The Morgan fingerprint density at radius 1 is 1.22 bits per heavy atom. The predicted molar refractivity (Wildman–Crippen MR) is 132 cm³/mol. The van der Waals surface area contributed by atoms with Crippen molar-refractivity contribution in [1.82, 2.24) is 19.9 Å². The molecule has 14 heteroatoms. The van der Waals surface area contributed by atoms with E-state index in [2.05, 4.69) is 20.3 Å². The Hall–Kier alpha value is -3.13. The molecule has 0 bridgehead atoms. The Balaban J connectivity index is 1.79. The third-order valence-corrected chi connectivity index (χ3v) is 8.88. The molecule has 2 aliphatic rings. The molecule has 0 amide bonds. The molecule has 3 aromatic rings. The van der Waals surface area contributed by atoms with Crippen molar-refractivity contribution in [2.75, 3.05) is 42.8 Å². The number of halogens is 3. The van der Waals surface area contributed by atoms with Gasteiger partial charge in [-0.25, -0.2) is 23.4 Å². The van der Waals surface area contributed by atoms with Gasteiger partial charge >= 0.3 is 6.18 Å². The summed E-state index contributed by atoms with van der Waals surface area (Å²) in [6, 6.07) is 1.39. The fraction of sp³-hybridized carbons (Fsp3) is 0.522. The summed E-state index contributed by atoms with van der Waals surface area (Å²) in [7, 11) is -3.70. The molecule has 2 N–H and O–H groups in total. The monoisotopic (exact) mass is 540 g/mol. The van der Waals surface area contributed by atoms with Gasteiger partial charge < -0.3 is 24.7 Å². The Bertz CT molecular complexity index is 1460. The van der Waals surface area contributed by atoms with Crippen molar-refractivity contribution >= 4 is 32.4 Å². The Kier molecular flexibility index (Phi) is 6.01. The number of hydrogen-bond donors (Lipinski definition) is 2. The molecule has 1 unspecified atom stereocenters. The first-order chi connectivity index (χ1) is 17.3. The molecule has 200 valence electrons. The van der Waals surface area contributed by atoms with Crippen molar-refractivity contribution in [3.05, 3.63) is 24.2 Å². The lowest BCUT2D eigenvalue weighted by atomic mass is 10.0. The number of ether oxygens (including phenoxy) is 2. The fourth-order valence-electron chi connectivity index (χ4n) is 4.61. The van der Waals surface area contributed by atoms with Crippen LogP contribution in [0.25, 0.3) is 22.4 Å². The minimum atomic E-state index is -4.48. The van der Waals surface area contributed by atoms with E-state index in [1.807, 2.05) is 11.8 Å². The number of pyridine rings is 1. The van der Waals surface area contributed by atoms with Crippen LogP contribution in [-0.2, 0) is 19.3 Å². The Labute approximate surface area is 211 Å². The minimum absolute atomic E-state index is 0.0603. The number of aromatic nitrogens is 4. The maximum absolute atomic E-state index is 13.1. The highest BCUT2D eigenvalue weighted by Gasteiger charge is 2.44. The van der Waals surface area contributed by atoms with E-state index >= 15 is 0 Å². The van der Waals surface area contributed by atoms with Crippen molar-refractivity contribution in [2.45, 2.75) is 43.8 Å². The first-order valence-corrected chi connectivity index (χ1v) is 13.5. The van der Waals surface area contributed by atoms with E-state index < -0.39 is 27.3 Å². The second kappa shape index (κ2) is 8.72. The number of aromatic amines is 1.